The summed E-state index contributed by atoms with van der Waals surface area (Å²) < 4.78 is 0. The summed E-state index contributed by atoms with van der Waals surface area (Å²) in [5, 5.41) is 9.35. The third-order valence-electron chi connectivity index (χ3n) is 1.89. The number of carbonyl (C=O) groups excluding carboxylic acids is 2. The monoisotopic (exact) mass is 178 g/mol. The molecule has 0 saturated heterocycles. The predicted molar refractivity (Wildman–Crippen MR) is 48.3 cm³/mol. The van der Waals surface area contributed by atoms with Gasteiger partial charge in [0.2, 0.25) is 0 Å². The molecule has 1 aromatic carbocycles. The van der Waals surface area contributed by atoms with Gasteiger partial charge in [0.05, 0.1) is 11.1 Å². The molecule has 0 spiro atoms. The molecule has 3 heteroatoms. The minimum atomic E-state index is -0.234. The maximum absolute atomic E-state index is 10.5. The second-order valence-electron chi connectivity index (χ2n) is 2.71. The summed E-state index contributed by atoms with van der Waals surface area (Å²) in [7, 11) is 0. The smallest absolute Gasteiger partial charge is 0.153 e. The van der Waals surface area contributed by atoms with Gasteiger partial charge in [0, 0.05) is 0 Å². The van der Waals surface area contributed by atoms with E-state index in [1.807, 2.05) is 6.92 Å². The highest BCUT2D eigenvalue weighted by atomic mass is 16.3. The first kappa shape index (κ1) is 9.45. The van der Waals surface area contributed by atoms with Crippen molar-refractivity contribution < 1.29 is 14.7 Å². The molecule has 13 heavy (non-hydrogen) atoms. The number of carbonyl (C=O) groups is 2. The van der Waals surface area contributed by atoms with Crippen LogP contribution in [0.1, 0.15) is 33.2 Å². The van der Waals surface area contributed by atoms with Gasteiger partial charge < -0.3 is 5.11 Å². The Balaban J connectivity index is 3.36. The van der Waals surface area contributed by atoms with Crippen LogP contribution in [0.5, 0.6) is 5.75 Å². The van der Waals surface area contributed by atoms with Crippen LogP contribution in [0.3, 0.4) is 0 Å². The van der Waals surface area contributed by atoms with Gasteiger partial charge in [0.25, 0.3) is 0 Å². The Morgan fingerprint density at radius 1 is 1.23 bits per heavy atom. The van der Waals surface area contributed by atoms with Gasteiger partial charge >= 0.3 is 0 Å². The number of rotatable bonds is 3. The quantitative estimate of drug-likeness (QED) is 0.715. The third-order valence-corrected chi connectivity index (χ3v) is 1.89. The highest BCUT2D eigenvalue weighted by Crippen LogP contribution is 2.21. The maximum atomic E-state index is 10.5. The van der Waals surface area contributed by atoms with Crippen molar-refractivity contribution in [1.82, 2.24) is 0 Å². The molecule has 0 fully saturated rings. The molecule has 68 valence electrons. The van der Waals surface area contributed by atoms with Crippen molar-refractivity contribution in [2.45, 2.75) is 13.3 Å². The van der Waals surface area contributed by atoms with Crippen molar-refractivity contribution in [2.24, 2.45) is 0 Å². The van der Waals surface area contributed by atoms with E-state index in [-0.39, 0.29) is 16.9 Å². The fraction of sp³-hybridized carbons (Fsp3) is 0.200. The SMILES string of the molecule is CCc1cc(C=O)c(O)c(C=O)c1. The van der Waals surface area contributed by atoms with Gasteiger partial charge in [-0.1, -0.05) is 6.92 Å². The normalized spacial score (nSPS) is 9.62. The number of benzene rings is 1. The molecule has 1 rings (SSSR count). The van der Waals surface area contributed by atoms with Crippen molar-refractivity contribution in [2.75, 3.05) is 0 Å². The molecule has 0 aliphatic heterocycles. The average Bonchev–Trinajstić information content (AvgIpc) is 2.18. The number of aryl methyl sites for hydroxylation is 1. The lowest BCUT2D eigenvalue weighted by molar-refractivity contribution is 0.112. The Hall–Kier alpha value is -1.64. The molecule has 0 aliphatic carbocycles. The number of hydrogen-bond acceptors (Lipinski definition) is 3. The van der Waals surface area contributed by atoms with E-state index < -0.39 is 0 Å². The summed E-state index contributed by atoms with van der Waals surface area (Å²) in [4.78, 5) is 21.0. The minimum Gasteiger partial charge on any atom is -0.506 e. The molecule has 0 aliphatic rings. The first-order valence-corrected chi connectivity index (χ1v) is 3.99. The first-order valence-electron chi connectivity index (χ1n) is 3.99. The predicted octanol–water partition coefficient (Wildman–Crippen LogP) is 1.58. The molecule has 0 unspecified atom stereocenters. The zero-order chi connectivity index (χ0) is 9.84. The van der Waals surface area contributed by atoms with Crippen molar-refractivity contribution in [3.63, 3.8) is 0 Å². The number of aromatic hydroxyl groups is 1. The topological polar surface area (TPSA) is 54.4 Å². The standard InChI is InChI=1S/C10H10O3/c1-2-7-3-8(5-11)10(13)9(4-7)6-12/h3-6,13H,2H2,1H3. The minimum absolute atomic E-state index is 0.168. The van der Waals surface area contributed by atoms with E-state index in [4.69, 9.17) is 0 Å². The lowest BCUT2D eigenvalue weighted by Gasteiger charge is -2.03. The molecule has 0 heterocycles. The van der Waals surface area contributed by atoms with Gasteiger partial charge in [0.15, 0.2) is 12.6 Å². The summed E-state index contributed by atoms with van der Waals surface area (Å²) in [6.07, 6.45) is 1.81. The van der Waals surface area contributed by atoms with E-state index >= 15 is 0 Å². The molecule has 0 radical (unpaired) electrons. The summed E-state index contributed by atoms with van der Waals surface area (Å²) in [5.41, 5.74) is 1.20. The first-order chi connectivity index (χ1) is 6.22. The zero-order valence-corrected chi connectivity index (χ0v) is 7.28. The van der Waals surface area contributed by atoms with E-state index in [0.717, 1.165) is 12.0 Å². The van der Waals surface area contributed by atoms with Gasteiger partial charge in [-0.25, -0.2) is 0 Å². The zero-order valence-electron chi connectivity index (χ0n) is 7.28. The van der Waals surface area contributed by atoms with Crippen molar-refractivity contribution in [3.05, 3.63) is 28.8 Å². The van der Waals surface area contributed by atoms with Gasteiger partial charge in [-0.3, -0.25) is 9.59 Å². The summed E-state index contributed by atoms with van der Waals surface area (Å²) >= 11 is 0. The number of phenolic OH excluding ortho intramolecular Hbond substituents is 1. The van der Waals surface area contributed by atoms with E-state index in [2.05, 4.69) is 0 Å². The molecular formula is C10H10O3. The summed E-state index contributed by atoms with van der Waals surface area (Å²) in [6.45, 7) is 1.91. The van der Waals surface area contributed by atoms with Crippen molar-refractivity contribution in [1.29, 1.82) is 0 Å². The fourth-order valence-electron chi connectivity index (χ4n) is 1.13. The Morgan fingerprint density at radius 3 is 2.00 bits per heavy atom. The molecule has 0 amide bonds. The number of aldehydes is 2. The van der Waals surface area contributed by atoms with E-state index in [1.165, 1.54) is 0 Å². The lowest BCUT2D eigenvalue weighted by atomic mass is 10.0. The Kier molecular flexibility index (Phi) is 2.80. The highest BCUT2D eigenvalue weighted by molar-refractivity contribution is 5.88. The van der Waals surface area contributed by atoms with Crippen LogP contribution in [-0.2, 0) is 6.42 Å². The fourth-order valence-corrected chi connectivity index (χ4v) is 1.13. The molecule has 1 N–H and O–H groups in total. The molecule has 3 nitrogen and oxygen atoms in total. The molecule has 0 atom stereocenters. The van der Waals surface area contributed by atoms with Gasteiger partial charge in [-0.15, -0.1) is 0 Å². The van der Waals surface area contributed by atoms with Crippen LogP contribution in [0, 0.1) is 0 Å². The van der Waals surface area contributed by atoms with Gasteiger partial charge in [-0.05, 0) is 24.1 Å². The average molecular weight is 178 g/mol. The second-order valence-corrected chi connectivity index (χ2v) is 2.71. The van der Waals surface area contributed by atoms with Crippen molar-refractivity contribution >= 4 is 12.6 Å². The Bertz CT molecular complexity index is 313. The molecule has 0 bridgehead atoms. The van der Waals surface area contributed by atoms with E-state index in [9.17, 15) is 14.7 Å². The van der Waals surface area contributed by atoms with Crippen LogP contribution >= 0.6 is 0 Å². The molecular weight excluding hydrogens is 168 g/mol. The third kappa shape index (κ3) is 1.75. The maximum Gasteiger partial charge on any atom is 0.153 e. The molecule has 1 aromatic rings. The van der Waals surface area contributed by atoms with E-state index in [0.29, 0.717) is 12.6 Å². The summed E-state index contributed by atoms with van der Waals surface area (Å²) in [5.74, 6) is -0.234. The number of hydrogen-bond donors (Lipinski definition) is 1. The molecule has 0 saturated carbocycles. The van der Waals surface area contributed by atoms with Crippen molar-refractivity contribution in [3.8, 4) is 5.75 Å². The largest absolute Gasteiger partial charge is 0.506 e. The van der Waals surface area contributed by atoms with Gasteiger partial charge in [0.1, 0.15) is 5.75 Å². The van der Waals surface area contributed by atoms with Crippen LogP contribution in [0.25, 0.3) is 0 Å². The van der Waals surface area contributed by atoms with Gasteiger partial charge in [-0.2, -0.15) is 0 Å². The molecule has 0 aromatic heterocycles. The van der Waals surface area contributed by atoms with E-state index in [1.54, 1.807) is 12.1 Å². The summed E-state index contributed by atoms with van der Waals surface area (Å²) in [6, 6.07) is 3.16. The van der Waals surface area contributed by atoms with Crippen LogP contribution < -0.4 is 0 Å². The highest BCUT2D eigenvalue weighted by Gasteiger charge is 2.07. The lowest BCUT2D eigenvalue weighted by Crippen LogP contribution is -1.92. The van der Waals surface area contributed by atoms with Crippen LogP contribution in [0.2, 0.25) is 0 Å². The Morgan fingerprint density at radius 2 is 1.69 bits per heavy atom. The van der Waals surface area contributed by atoms with Crippen LogP contribution in [0.15, 0.2) is 12.1 Å². The van der Waals surface area contributed by atoms with Crippen LogP contribution in [-0.4, -0.2) is 17.7 Å². The number of phenols is 1. The Labute approximate surface area is 76.0 Å². The van der Waals surface area contributed by atoms with Crippen LogP contribution in [0.4, 0.5) is 0 Å². The second kappa shape index (κ2) is 3.85.